The number of rotatable bonds is 3. The minimum absolute atomic E-state index is 0.0159. The van der Waals surface area contributed by atoms with E-state index in [1.54, 1.807) is 0 Å². The summed E-state index contributed by atoms with van der Waals surface area (Å²) in [4.78, 5) is 11.7. The lowest BCUT2D eigenvalue weighted by molar-refractivity contribution is -0.138. The third-order valence-corrected chi connectivity index (χ3v) is 4.33. The maximum atomic E-state index is 13.2. The second kappa shape index (κ2) is 5.55. The van der Waals surface area contributed by atoms with Crippen molar-refractivity contribution in [2.75, 3.05) is 0 Å². The zero-order valence-electron chi connectivity index (χ0n) is 11.8. The van der Waals surface area contributed by atoms with Crippen LogP contribution < -0.4 is 10.6 Å². The number of aliphatic hydroxyl groups is 1. The molecule has 1 fully saturated rings. The van der Waals surface area contributed by atoms with E-state index in [-0.39, 0.29) is 30.3 Å². The number of fused-ring (bicyclic) bond motifs is 1. The molecule has 0 unspecified atom stereocenters. The van der Waals surface area contributed by atoms with Gasteiger partial charge in [-0.05, 0) is 42.5 Å². The summed E-state index contributed by atoms with van der Waals surface area (Å²) >= 11 is 0. The number of alkyl halides is 3. The predicted octanol–water partition coefficient (Wildman–Crippen LogP) is 1.95. The molecule has 1 aromatic carbocycles. The van der Waals surface area contributed by atoms with E-state index in [0.717, 1.165) is 18.9 Å². The summed E-state index contributed by atoms with van der Waals surface area (Å²) in [5.74, 6) is -0.469. The van der Waals surface area contributed by atoms with E-state index in [0.29, 0.717) is 12.0 Å². The summed E-state index contributed by atoms with van der Waals surface area (Å²) in [6.07, 6.45) is -2.53. The number of aliphatic hydroxyl groups excluding tert-OH is 1. The molecule has 0 bridgehead atoms. The first kappa shape index (κ1) is 15.3. The summed E-state index contributed by atoms with van der Waals surface area (Å²) in [5, 5.41) is 15.3. The van der Waals surface area contributed by atoms with Crippen LogP contribution in [0.2, 0.25) is 0 Å². The summed E-state index contributed by atoms with van der Waals surface area (Å²) in [6.45, 7) is 0.115. The first-order valence-corrected chi connectivity index (χ1v) is 7.29. The molecule has 1 aliphatic carbocycles. The lowest BCUT2D eigenvalue weighted by Crippen LogP contribution is -2.35. The SMILES string of the molecule is O=C1NCc2c1cc(CN[C@@H]1CCC[C@@H]1O)cc2C(F)(F)F. The molecule has 0 aromatic heterocycles. The molecule has 120 valence electrons. The molecule has 22 heavy (non-hydrogen) atoms. The Bertz CT molecular complexity index is 601. The first-order chi connectivity index (χ1) is 10.4. The van der Waals surface area contributed by atoms with E-state index < -0.39 is 23.8 Å². The number of hydrogen-bond donors (Lipinski definition) is 3. The largest absolute Gasteiger partial charge is 0.416 e. The Morgan fingerprint density at radius 1 is 1.32 bits per heavy atom. The highest BCUT2D eigenvalue weighted by Crippen LogP contribution is 2.36. The van der Waals surface area contributed by atoms with Crippen LogP contribution in [0.15, 0.2) is 12.1 Å². The van der Waals surface area contributed by atoms with Crippen molar-refractivity contribution in [3.63, 3.8) is 0 Å². The molecule has 1 saturated carbocycles. The summed E-state index contributed by atoms with van der Waals surface area (Å²) in [7, 11) is 0. The maximum Gasteiger partial charge on any atom is 0.416 e. The Morgan fingerprint density at radius 2 is 2.09 bits per heavy atom. The van der Waals surface area contributed by atoms with E-state index in [2.05, 4.69) is 10.6 Å². The summed E-state index contributed by atoms with van der Waals surface area (Å²) in [5.41, 5.74) is -0.241. The zero-order chi connectivity index (χ0) is 15.9. The van der Waals surface area contributed by atoms with Crippen LogP contribution in [-0.4, -0.2) is 23.2 Å². The minimum atomic E-state index is -4.49. The fourth-order valence-electron chi connectivity index (χ4n) is 3.17. The molecule has 1 aliphatic heterocycles. The molecule has 1 heterocycles. The van der Waals surface area contributed by atoms with Crippen LogP contribution in [-0.2, 0) is 19.3 Å². The van der Waals surface area contributed by atoms with Gasteiger partial charge >= 0.3 is 6.18 Å². The molecular formula is C15H17F3N2O2. The van der Waals surface area contributed by atoms with Crippen LogP contribution in [0.25, 0.3) is 0 Å². The summed E-state index contributed by atoms with van der Waals surface area (Å²) < 4.78 is 39.5. The van der Waals surface area contributed by atoms with Gasteiger partial charge in [-0.15, -0.1) is 0 Å². The van der Waals surface area contributed by atoms with Gasteiger partial charge in [0.2, 0.25) is 0 Å². The quantitative estimate of drug-likeness (QED) is 0.799. The number of benzene rings is 1. The van der Waals surface area contributed by atoms with Gasteiger partial charge in [-0.3, -0.25) is 4.79 Å². The molecule has 4 nitrogen and oxygen atoms in total. The highest BCUT2D eigenvalue weighted by Gasteiger charge is 2.37. The van der Waals surface area contributed by atoms with Crippen molar-refractivity contribution in [1.82, 2.24) is 10.6 Å². The third-order valence-electron chi connectivity index (χ3n) is 4.33. The topological polar surface area (TPSA) is 61.4 Å². The lowest BCUT2D eigenvalue weighted by Gasteiger charge is -2.18. The van der Waals surface area contributed by atoms with Crippen molar-refractivity contribution in [1.29, 1.82) is 0 Å². The number of amides is 1. The van der Waals surface area contributed by atoms with Crippen molar-refractivity contribution >= 4 is 5.91 Å². The fourth-order valence-corrected chi connectivity index (χ4v) is 3.17. The van der Waals surface area contributed by atoms with Gasteiger partial charge in [-0.25, -0.2) is 0 Å². The van der Waals surface area contributed by atoms with Crippen LogP contribution in [0.5, 0.6) is 0 Å². The van der Waals surface area contributed by atoms with Crippen molar-refractivity contribution in [2.24, 2.45) is 0 Å². The van der Waals surface area contributed by atoms with Gasteiger partial charge in [0, 0.05) is 24.7 Å². The van der Waals surface area contributed by atoms with Crippen LogP contribution >= 0.6 is 0 Å². The molecule has 1 amide bonds. The third kappa shape index (κ3) is 2.83. The Kier molecular flexibility index (Phi) is 3.86. The molecule has 1 aromatic rings. The van der Waals surface area contributed by atoms with Gasteiger partial charge in [0.15, 0.2) is 0 Å². The number of nitrogens with one attached hydrogen (secondary N) is 2. The van der Waals surface area contributed by atoms with E-state index in [1.165, 1.54) is 6.07 Å². The van der Waals surface area contributed by atoms with Gasteiger partial charge in [0.1, 0.15) is 0 Å². The monoisotopic (exact) mass is 314 g/mol. The van der Waals surface area contributed by atoms with Crippen molar-refractivity contribution in [3.8, 4) is 0 Å². The molecule has 2 atom stereocenters. The number of carbonyl (C=O) groups is 1. The summed E-state index contributed by atoms with van der Waals surface area (Å²) in [6, 6.07) is 2.49. The standard InChI is InChI=1S/C15H17F3N2O2/c16-15(17,18)11-5-8(4-9-10(11)7-20-14(9)22)6-19-12-2-1-3-13(12)21/h4-5,12-13,19,21H,1-3,6-7H2,(H,20,22)/t12-,13+/m1/s1. The zero-order valence-corrected chi connectivity index (χ0v) is 11.8. The Hall–Kier alpha value is -1.60. The fraction of sp³-hybridized carbons (Fsp3) is 0.533. The van der Waals surface area contributed by atoms with E-state index >= 15 is 0 Å². The minimum Gasteiger partial charge on any atom is -0.392 e. The lowest BCUT2D eigenvalue weighted by atomic mass is 9.98. The Morgan fingerprint density at radius 3 is 2.73 bits per heavy atom. The van der Waals surface area contributed by atoms with E-state index in [1.807, 2.05) is 0 Å². The number of hydrogen-bond acceptors (Lipinski definition) is 3. The highest BCUT2D eigenvalue weighted by atomic mass is 19.4. The Balaban J connectivity index is 1.86. The average Bonchev–Trinajstić information content (AvgIpc) is 3.02. The maximum absolute atomic E-state index is 13.2. The van der Waals surface area contributed by atoms with Crippen LogP contribution in [0, 0.1) is 0 Å². The first-order valence-electron chi connectivity index (χ1n) is 7.29. The van der Waals surface area contributed by atoms with Crippen LogP contribution in [0.1, 0.15) is 46.3 Å². The van der Waals surface area contributed by atoms with Crippen molar-refractivity contribution in [3.05, 3.63) is 34.4 Å². The second-order valence-electron chi connectivity index (χ2n) is 5.84. The van der Waals surface area contributed by atoms with Crippen LogP contribution in [0.4, 0.5) is 13.2 Å². The second-order valence-corrected chi connectivity index (χ2v) is 5.84. The molecule has 0 radical (unpaired) electrons. The van der Waals surface area contributed by atoms with Crippen LogP contribution in [0.3, 0.4) is 0 Å². The van der Waals surface area contributed by atoms with Crippen molar-refractivity contribution < 1.29 is 23.1 Å². The number of carbonyl (C=O) groups excluding carboxylic acids is 1. The molecule has 2 aliphatic rings. The van der Waals surface area contributed by atoms with Gasteiger partial charge in [0.25, 0.3) is 5.91 Å². The molecule has 0 saturated heterocycles. The van der Waals surface area contributed by atoms with Gasteiger partial charge in [-0.1, -0.05) is 0 Å². The van der Waals surface area contributed by atoms with E-state index in [4.69, 9.17) is 0 Å². The molecule has 7 heteroatoms. The molecule has 3 N–H and O–H groups in total. The molecule has 0 spiro atoms. The number of halogens is 3. The molecule has 3 rings (SSSR count). The van der Waals surface area contributed by atoms with Gasteiger partial charge in [-0.2, -0.15) is 13.2 Å². The predicted molar refractivity (Wildman–Crippen MR) is 73.1 cm³/mol. The Labute approximate surface area is 125 Å². The highest BCUT2D eigenvalue weighted by molar-refractivity contribution is 5.99. The molecular weight excluding hydrogens is 297 g/mol. The van der Waals surface area contributed by atoms with E-state index in [9.17, 15) is 23.1 Å². The average molecular weight is 314 g/mol. The van der Waals surface area contributed by atoms with Gasteiger partial charge in [0.05, 0.1) is 11.7 Å². The van der Waals surface area contributed by atoms with Crippen molar-refractivity contribution in [2.45, 2.75) is 50.7 Å². The normalized spacial score (nSPS) is 24.5. The smallest absolute Gasteiger partial charge is 0.392 e. The van der Waals surface area contributed by atoms with Gasteiger partial charge < -0.3 is 15.7 Å².